The van der Waals surface area contributed by atoms with E-state index < -0.39 is 17.7 Å². The number of rotatable bonds is 3. The summed E-state index contributed by atoms with van der Waals surface area (Å²) in [4.78, 5) is 24.4. The first kappa shape index (κ1) is 19.2. The summed E-state index contributed by atoms with van der Waals surface area (Å²) >= 11 is 1.17. The fourth-order valence-electron chi connectivity index (χ4n) is 3.08. The zero-order chi connectivity index (χ0) is 19.8. The van der Waals surface area contributed by atoms with Gasteiger partial charge in [0.05, 0.1) is 17.7 Å². The molecule has 3 rings (SSSR count). The van der Waals surface area contributed by atoms with Crippen molar-refractivity contribution in [3.63, 3.8) is 0 Å². The minimum Gasteiger partial charge on any atom is -0.464 e. The van der Waals surface area contributed by atoms with Crippen molar-refractivity contribution in [3.05, 3.63) is 35.0 Å². The molecule has 1 aromatic heterocycles. The van der Waals surface area contributed by atoms with E-state index >= 15 is 0 Å². The fraction of sp³-hybridized carbons (Fsp3) is 0.421. The molecular formula is C19H23N3O4S. The number of nitrogens with zero attached hydrogens (tertiary/aromatic N) is 1. The number of fused-ring (bicyclic) bond motifs is 1. The van der Waals surface area contributed by atoms with Gasteiger partial charge < -0.3 is 20.5 Å². The summed E-state index contributed by atoms with van der Waals surface area (Å²) in [7, 11) is 1.30. The lowest BCUT2D eigenvalue weighted by Gasteiger charge is -2.21. The molecular weight excluding hydrogens is 366 g/mol. The molecule has 8 heteroatoms. The number of carbonyl (C=O) groups excluding carboxylic acids is 2. The van der Waals surface area contributed by atoms with Gasteiger partial charge in [0, 0.05) is 6.04 Å². The maximum atomic E-state index is 12.0. The minimum absolute atomic E-state index is 0.00506. The Kier molecular flexibility index (Phi) is 5.10. The Morgan fingerprint density at radius 1 is 1.26 bits per heavy atom. The van der Waals surface area contributed by atoms with Crippen LogP contribution in [-0.4, -0.2) is 35.2 Å². The van der Waals surface area contributed by atoms with Gasteiger partial charge >= 0.3 is 12.1 Å². The number of hydrogen-bond donors (Lipinski definition) is 2. The number of alkyl carbamates (subject to hydrolysis) is 1. The molecule has 1 heterocycles. The number of hydrogen-bond acceptors (Lipinski definition) is 7. The molecule has 0 bridgehead atoms. The van der Waals surface area contributed by atoms with Crippen molar-refractivity contribution in [2.45, 2.75) is 45.3 Å². The van der Waals surface area contributed by atoms with Gasteiger partial charge in [0.25, 0.3) is 0 Å². The molecule has 0 saturated heterocycles. The highest BCUT2D eigenvalue weighted by Gasteiger charge is 2.26. The average Bonchev–Trinajstić information content (AvgIpc) is 3.14. The lowest BCUT2D eigenvalue weighted by molar-refractivity contribution is 0.0505. The molecule has 1 aliphatic carbocycles. The molecule has 27 heavy (non-hydrogen) atoms. The summed E-state index contributed by atoms with van der Waals surface area (Å²) < 4.78 is 14.1. The zero-order valence-electron chi connectivity index (χ0n) is 15.8. The van der Waals surface area contributed by atoms with Crippen LogP contribution in [0.1, 0.15) is 42.4 Å². The number of carbonyl (C=O) groups is 2. The number of anilines is 1. The van der Waals surface area contributed by atoms with E-state index in [1.807, 2.05) is 39.0 Å². The largest absolute Gasteiger partial charge is 0.464 e. The van der Waals surface area contributed by atoms with Crippen LogP contribution in [0.5, 0.6) is 0 Å². The average molecular weight is 389 g/mol. The number of methoxy groups -OCH3 is 1. The first-order valence-corrected chi connectivity index (χ1v) is 9.40. The van der Waals surface area contributed by atoms with Crippen LogP contribution in [0.3, 0.4) is 0 Å². The minimum atomic E-state index is -0.544. The van der Waals surface area contributed by atoms with E-state index in [1.165, 1.54) is 24.2 Å². The van der Waals surface area contributed by atoms with Gasteiger partial charge in [-0.3, -0.25) is 0 Å². The molecule has 2 aromatic rings. The highest BCUT2D eigenvalue weighted by atomic mass is 32.1. The van der Waals surface area contributed by atoms with E-state index in [-0.39, 0.29) is 11.7 Å². The Hall–Kier alpha value is -2.61. The molecule has 1 aliphatic rings. The quantitative estimate of drug-likeness (QED) is 0.782. The molecule has 7 nitrogen and oxygen atoms in total. The maximum Gasteiger partial charge on any atom is 0.407 e. The molecule has 0 saturated carbocycles. The van der Waals surface area contributed by atoms with Crippen LogP contribution in [0.2, 0.25) is 0 Å². The number of nitrogen functional groups attached to an aromatic ring is 1. The second-order valence-electron chi connectivity index (χ2n) is 7.50. The van der Waals surface area contributed by atoms with Gasteiger partial charge in [-0.1, -0.05) is 12.1 Å². The standard InChI is InChI=1S/C19H23N3O4S/c1-19(2,3)26-18(24)21-13-8-10-5-6-11(7-12(10)9-13)16-14(20)15(22-27-16)17(23)25-4/h5-7,13H,8-9,20H2,1-4H3,(H,21,24). The zero-order valence-corrected chi connectivity index (χ0v) is 16.6. The van der Waals surface area contributed by atoms with E-state index in [1.54, 1.807) is 0 Å². The predicted molar refractivity (Wildman–Crippen MR) is 104 cm³/mol. The van der Waals surface area contributed by atoms with Crippen molar-refractivity contribution >= 4 is 29.3 Å². The van der Waals surface area contributed by atoms with Gasteiger partial charge in [-0.2, -0.15) is 4.37 Å². The maximum absolute atomic E-state index is 12.0. The highest BCUT2D eigenvalue weighted by Crippen LogP contribution is 2.35. The van der Waals surface area contributed by atoms with E-state index in [9.17, 15) is 9.59 Å². The van der Waals surface area contributed by atoms with Crippen LogP contribution in [0, 0.1) is 0 Å². The smallest absolute Gasteiger partial charge is 0.407 e. The number of esters is 1. The predicted octanol–water partition coefficient (Wildman–Crippen LogP) is 3.17. The van der Waals surface area contributed by atoms with Gasteiger partial charge in [0.1, 0.15) is 5.60 Å². The fourth-order valence-corrected chi connectivity index (χ4v) is 3.87. The number of ether oxygens (including phenoxy) is 2. The molecule has 0 spiro atoms. The molecule has 1 unspecified atom stereocenters. The normalized spacial score (nSPS) is 15.9. The summed E-state index contributed by atoms with van der Waals surface area (Å²) in [6.07, 6.45) is 1.06. The Morgan fingerprint density at radius 3 is 2.63 bits per heavy atom. The third-order valence-electron chi connectivity index (χ3n) is 4.23. The molecule has 1 aromatic carbocycles. The molecule has 144 valence electrons. The van der Waals surface area contributed by atoms with Gasteiger partial charge in [-0.25, -0.2) is 9.59 Å². The first-order chi connectivity index (χ1) is 12.7. The van der Waals surface area contributed by atoms with Crippen LogP contribution < -0.4 is 11.1 Å². The summed E-state index contributed by atoms with van der Waals surface area (Å²) in [5, 5.41) is 2.92. The van der Waals surface area contributed by atoms with Crippen molar-refractivity contribution in [2.75, 3.05) is 12.8 Å². The Balaban J connectivity index is 1.75. The van der Waals surface area contributed by atoms with Gasteiger partial charge in [-0.15, -0.1) is 0 Å². The van der Waals surface area contributed by atoms with Gasteiger partial charge in [0.15, 0.2) is 5.69 Å². The number of amides is 1. The van der Waals surface area contributed by atoms with E-state index in [2.05, 4.69) is 9.69 Å². The molecule has 0 aliphatic heterocycles. The summed E-state index contributed by atoms with van der Waals surface area (Å²) in [6.45, 7) is 5.51. The van der Waals surface area contributed by atoms with Crippen molar-refractivity contribution in [1.82, 2.24) is 9.69 Å². The Bertz CT molecular complexity index is 886. The van der Waals surface area contributed by atoms with Crippen LogP contribution in [-0.2, 0) is 22.3 Å². The third kappa shape index (κ3) is 4.21. The molecule has 0 radical (unpaired) electrons. The molecule has 0 fully saturated rings. The van der Waals surface area contributed by atoms with Crippen LogP contribution in [0.15, 0.2) is 18.2 Å². The highest BCUT2D eigenvalue weighted by molar-refractivity contribution is 7.10. The number of nitrogens with two attached hydrogens (primary N) is 1. The van der Waals surface area contributed by atoms with Crippen molar-refractivity contribution < 1.29 is 19.1 Å². The first-order valence-electron chi connectivity index (χ1n) is 8.63. The molecule has 1 amide bonds. The summed E-state index contributed by atoms with van der Waals surface area (Å²) in [6, 6.07) is 6.02. The van der Waals surface area contributed by atoms with Crippen LogP contribution in [0.4, 0.5) is 10.5 Å². The van der Waals surface area contributed by atoms with Crippen LogP contribution in [0.25, 0.3) is 10.4 Å². The lowest BCUT2D eigenvalue weighted by Crippen LogP contribution is -2.39. The van der Waals surface area contributed by atoms with Crippen molar-refractivity contribution in [3.8, 4) is 10.4 Å². The van der Waals surface area contributed by atoms with E-state index in [0.717, 1.165) is 22.4 Å². The summed E-state index contributed by atoms with van der Waals surface area (Å²) in [5.41, 5.74) is 9.24. The second kappa shape index (κ2) is 7.19. The Morgan fingerprint density at radius 2 is 1.96 bits per heavy atom. The van der Waals surface area contributed by atoms with Crippen molar-refractivity contribution in [1.29, 1.82) is 0 Å². The molecule has 1 atom stereocenters. The Labute approximate surface area is 162 Å². The van der Waals surface area contributed by atoms with E-state index in [4.69, 9.17) is 15.2 Å². The number of benzene rings is 1. The second-order valence-corrected chi connectivity index (χ2v) is 8.27. The van der Waals surface area contributed by atoms with Gasteiger partial charge in [-0.05, 0) is 67.9 Å². The van der Waals surface area contributed by atoms with Crippen LogP contribution >= 0.6 is 11.5 Å². The lowest BCUT2D eigenvalue weighted by atomic mass is 10.0. The SMILES string of the molecule is COC(=O)c1nsc(-c2ccc3c(c2)CC(NC(=O)OC(C)(C)C)C3)c1N. The summed E-state index contributed by atoms with van der Waals surface area (Å²) in [5.74, 6) is -0.544. The van der Waals surface area contributed by atoms with E-state index in [0.29, 0.717) is 12.1 Å². The van der Waals surface area contributed by atoms with Gasteiger partial charge in [0.2, 0.25) is 0 Å². The molecule has 3 N–H and O–H groups in total. The number of aromatic nitrogens is 1. The third-order valence-corrected chi connectivity index (χ3v) is 5.14. The topological polar surface area (TPSA) is 104 Å². The van der Waals surface area contributed by atoms with Crippen molar-refractivity contribution in [2.24, 2.45) is 0 Å². The monoisotopic (exact) mass is 389 g/mol. The number of nitrogens with one attached hydrogen (secondary N) is 1.